The van der Waals surface area contributed by atoms with E-state index in [1.807, 2.05) is 12.1 Å². The summed E-state index contributed by atoms with van der Waals surface area (Å²) in [6.07, 6.45) is 9.49. The fourth-order valence-electron chi connectivity index (χ4n) is 3.80. The Kier molecular flexibility index (Phi) is 4.68. The summed E-state index contributed by atoms with van der Waals surface area (Å²) in [7, 11) is 0. The molecule has 20 heavy (non-hydrogen) atoms. The summed E-state index contributed by atoms with van der Waals surface area (Å²) in [5, 5.41) is 4.84. The van der Waals surface area contributed by atoms with Crippen molar-refractivity contribution in [3.05, 3.63) is 34.9 Å². The predicted octanol–water partition coefficient (Wildman–Crippen LogP) is 5.14. The number of nitrogens with one attached hydrogen (secondary N) is 1. The van der Waals surface area contributed by atoms with Crippen LogP contribution >= 0.6 is 11.6 Å². The first-order valence-corrected chi connectivity index (χ1v) is 8.60. The van der Waals surface area contributed by atoms with Gasteiger partial charge in [-0.15, -0.1) is 0 Å². The van der Waals surface area contributed by atoms with Crippen molar-refractivity contribution >= 4 is 11.6 Å². The molecule has 110 valence electrons. The molecule has 2 fully saturated rings. The number of halogens is 1. The standard InChI is InChI=1S/C18H26ClN/c1-13-5-4-6-15(10-9-13)20-16-11-14(12-16)17-7-2-3-8-18(17)19/h2-3,7-8,13-16,20H,4-6,9-12H2,1H3. The lowest BCUT2D eigenvalue weighted by Crippen LogP contribution is -2.45. The summed E-state index contributed by atoms with van der Waals surface area (Å²) < 4.78 is 0. The van der Waals surface area contributed by atoms with Crippen LogP contribution in [0.2, 0.25) is 5.02 Å². The highest BCUT2D eigenvalue weighted by Gasteiger charge is 2.32. The van der Waals surface area contributed by atoms with Crippen molar-refractivity contribution in [2.75, 3.05) is 0 Å². The maximum Gasteiger partial charge on any atom is 0.0440 e. The van der Waals surface area contributed by atoms with Crippen LogP contribution in [0.15, 0.2) is 24.3 Å². The summed E-state index contributed by atoms with van der Waals surface area (Å²) in [4.78, 5) is 0. The van der Waals surface area contributed by atoms with E-state index >= 15 is 0 Å². The van der Waals surface area contributed by atoms with Crippen molar-refractivity contribution in [1.82, 2.24) is 5.32 Å². The molecule has 0 spiro atoms. The highest BCUT2D eigenvalue weighted by Crippen LogP contribution is 2.40. The van der Waals surface area contributed by atoms with E-state index in [1.165, 1.54) is 50.5 Å². The van der Waals surface area contributed by atoms with Crippen molar-refractivity contribution in [1.29, 1.82) is 0 Å². The monoisotopic (exact) mass is 291 g/mol. The van der Waals surface area contributed by atoms with Crippen molar-refractivity contribution in [3.8, 4) is 0 Å². The minimum Gasteiger partial charge on any atom is -0.311 e. The molecule has 0 saturated heterocycles. The highest BCUT2D eigenvalue weighted by atomic mass is 35.5. The summed E-state index contributed by atoms with van der Waals surface area (Å²) in [6, 6.07) is 9.81. The Morgan fingerprint density at radius 1 is 1.00 bits per heavy atom. The second-order valence-corrected chi connectivity index (χ2v) is 7.27. The Balaban J connectivity index is 1.47. The van der Waals surface area contributed by atoms with Crippen LogP contribution in [0.3, 0.4) is 0 Å². The van der Waals surface area contributed by atoms with Gasteiger partial charge in [-0.25, -0.2) is 0 Å². The van der Waals surface area contributed by atoms with Crippen LogP contribution in [0.25, 0.3) is 0 Å². The van der Waals surface area contributed by atoms with E-state index in [-0.39, 0.29) is 0 Å². The lowest BCUT2D eigenvalue weighted by atomic mass is 9.75. The molecule has 2 aliphatic rings. The van der Waals surface area contributed by atoms with Gasteiger partial charge in [0, 0.05) is 17.1 Å². The molecule has 2 atom stereocenters. The third-order valence-corrected chi connectivity index (χ3v) is 5.56. The molecule has 1 aromatic carbocycles. The van der Waals surface area contributed by atoms with E-state index in [1.54, 1.807) is 0 Å². The maximum atomic E-state index is 6.29. The van der Waals surface area contributed by atoms with Gasteiger partial charge in [0.2, 0.25) is 0 Å². The first kappa shape index (κ1) is 14.4. The van der Waals surface area contributed by atoms with Crippen LogP contribution < -0.4 is 5.32 Å². The minimum atomic E-state index is 0.672. The average Bonchev–Trinajstić information content (AvgIpc) is 2.60. The molecule has 0 aromatic heterocycles. The summed E-state index contributed by atoms with van der Waals surface area (Å²) in [5.41, 5.74) is 1.35. The molecule has 0 heterocycles. The van der Waals surface area contributed by atoms with Crippen molar-refractivity contribution < 1.29 is 0 Å². The number of benzene rings is 1. The molecule has 2 aliphatic carbocycles. The molecule has 2 heteroatoms. The van der Waals surface area contributed by atoms with E-state index in [0.29, 0.717) is 5.92 Å². The van der Waals surface area contributed by atoms with Gasteiger partial charge in [-0.3, -0.25) is 0 Å². The zero-order valence-corrected chi connectivity index (χ0v) is 13.2. The van der Waals surface area contributed by atoms with Gasteiger partial charge in [-0.2, -0.15) is 0 Å². The first-order valence-electron chi connectivity index (χ1n) is 8.23. The third-order valence-electron chi connectivity index (χ3n) is 5.21. The molecule has 2 saturated carbocycles. The van der Waals surface area contributed by atoms with Gasteiger partial charge in [0.25, 0.3) is 0 Å². The van der Waals surface area contributed by atoms with Crippen molar-refractivity contribution in [2.24, 2.45) is 5.92 Å². The second kappa shape index (κ2) is 6.49. The van der Waals surface area contributed by atoms with Gasteiger partial charge in [0.05, 0.1) is 0 Å². The Morgan fingerprint density at radius 3 is 2.60 bits per heavy atom. The van der Waals surface area contributed by atoms with Crippen LogP contribution in [-0.4, -0.2) is 12.1 Å². The Hall–Kier alpha value is -0.530. The minimum absolute atomic E-state index is 0.672. The molecule has 1 N–H and O–H groups in total. The van der Waals surface area contributed by atoms with Crippen LogP contribution in [0.1, 0.15) is 63.4 Å². The Labute approximate surface area is 128 Å². The predicted molar refractivity (Wildman–Crippen MR) is 86.4 cm³/mol. The van der Waals surface area contributed by atoms with Gasteiger partial charge < -0.3 is 5.32 Å². The quantitative estimate of drug-likeness (QED) is 0.760. The number of hydrogen-bond acceptors (Lipinski definition) is 1. The smallest absolute Gasteiger partial charge is 0.0440 e. The molecule has 1 nitrogen and oxygen atoms in total. The van der Waals surface area contributed by atoms with Crippen LogP contribution in [0, 0.1) is 5.92 Å². The largest absolute Gasteiger partial charge is 0.311 e. The van der Waals surface area contributed by atoms with E-state index in [2.05, 4.69) is 24.4 Å². The zero-order chi connectivity index (χ0) is 13.9. The molecular formula is C18H26ClN. The Morgan fingerprint density at radius 2 is 1.80 bits per heavy atom. The van der Waals surface area contributed by atoms with E-state index in [4.69, 9.17) is 11.6 Å². The summed E-state index contributed by atoms with van der Waals surface area (Å²) in [6.45, 7) is 2.40. The molecule has 0 aliphatic heterocycles. The van der Waals surface area contributed by atoms with Gasteiger partial charge in [0.15, 0.2) is 0 Å². The van der Waals surface area contributed by atoms with Crippen molar-refractivity contribution in [2.45, 2.75) is 69.9 Å². The van der Waals surface area contributed by atoms with Crippen LogP contribution in [0.4, 0.5) is 0 Å². The van der Waals surface area contributed by atoms with Gasteiger partial charge in [0.1, 0.15) is 0 Å². The average molecular weight is 292 g/mol. The van der Waals surface area contributed by atoms with Gasteiger partial charge >= 0.3 is 0 Å². The van der Waals surface area contributed by atoms with E-state index < -0.39 is 0 Å². The topological polar surface area (TPSA) is 12.0 Å². The lowest BCUT2D eigenvalue weighted by Gasteiger charge is -2.39. The number of hydrogen-bond donors (Lipinski definition) is 1. The van der Waals surface area contributed by atoms with Gasteiger partial charge in [-0.1, -0.05) is 49.6 Å². The number of rotatable bonds is 3. The fourth-order valence-corrected chi connectivity index (χ4v) is 4.09. The zero-order valence-electron chi connectivity index (χ0n) is 12.4. The normalized spacial score (nSPS) is 34.3. The third kappa shape index (κ3) is 3.38. The highest BCUT2D eigenvalue weighted by molar-refractivity contribution is 6.31. The molecule has 0 radical (unpaired) electrons. The first-order chi connectivity index (χ1) is 9.72. The molecule has 1 aromatic rings. The molecular weight excluding hydrogens is 266 g/mol. The summed E-state index contributed by atoms with van der Waals surface area (Å²) >= 11 is 6.29. The molecule has 0 bridgehead atoms. The van der Waals surface area contributed by atoms with Crippen molar-refractivity contribution in [3.63, 3.8) is 0 Å². The summed E-state index contributed by atoms with van der Waals surface area (Å²) in [5.74, 6) is 1.60. The molecule has 2 unspecified atom stereocenters. The van der Waals surface area contributed by atoms with Gasteiger partial charge in [-0.05, 0) is 55.6 Å². The fraction of sp³-hybridized carbons (Fsp3) is 0.667. The Bertz CT molecular complexity index is 439. The lowest BCUT2D eigenvalue weighted by molar-refractivity contribution is 0.254. The van der Waals surface area contributed by atoms with E-state index in [9.17, 15) is 0 Å². The van der Waals surface area contributed by atoms with E-state index in [0.717, 1.165) is 23.0 Å². The molecule has 0 amide bonds. The second-order valence-electron chi connectivity index (χ2n) is 6.86. The van der Waals surface area contributed by atoms with Crippen LogP contribution in [-0.2, 0) is 0 Å². The van der Waals surface area contributed by atoms with Crippen LogP contribution in [0.5, 0.6) is 0 Å². The molecule has 3 rings (SSSR count). The SMILES string of the molecule is CC1CCCC(NC2CC(c3ccccc3Cl)C2)CC1. The maximum absolute atomic E-state index is 6.29.